The Hall–Kier alpha value is -1.61. The number of anilines is 1. The summed E-state index contributed by atoms with van der Waals surface area (Å²) in [6, 6.07) is 1.68. The zero-order chi connectivity index (χ0) is 19.7. The van der Waals surface area contributed by atoms with Gasteiger partial charge >= 0.3 is 6.03 Å². The molecule has 0 aromatic heterocycles. The topological polar surface area (TPSA) is 116 Å². The third-order valence-electron chi connectivity index (χ3n) is 3.92. The van der Waals surface area contributed by atoms with E-state index in [1.54, 1.807) is 6.08 Å². The molecule has 0 spiro atoms. The molecule has 0 saturated carbocycles. The zero-order valence-corrected chi connectivity index (χ0v) is 16.4. The van der Waals surface area contributed by atoms with Gasteiger partial charge in [-0.3, -0.25) is 0 Å². The van der Waals surface area contributed by atoms with Crippen LogP contribution in [0, 0.1) is 0 Å². The van der Waals surface area contributed by atoms with E-state index in [4.69, 9.17) is 23.2 Å². The summed E-state index contributed by atoms with van der Waals surface area (Å²) in [6.45, 7) is 1.91. The summed E-state index contributed by atoms with van der Waals surface area (Å²) in [5.74, 6) is -0.722. The van der Waals surface area contributed by atoms with Gasteiger partial charge in [0.05, 0.1) is 32.8 Å². The molecule has 2 rings (SSSR count). The molecule has 0 atom stereocenters. The Balaban J connectivity index is 2.42. The number of allylic oxidation sites excluding steroid dienone is 2. The smallest absolute Gasteiger partial charge is 0.345 e. The fraction of sp³-hybridized carbons (Fsp3) is 0.375. The predicted octanol–water partition coefficient (Wildman–Crippen LogP) is 3.48. The van der Waals surface area contributed by atoms with Crippen molar-refractivity contribution >= 4 is 50.5 Å². The van der Waals surface area contributed by atoms with E-state index in [1.807, 2.05) is 0 Å². The number of carbonyl (C=O) groups excluding carboxylic acids is 1. The number of rotatable bonds is 4. The SMILES string of the molecule is CC(C)(CO)S(=O)(=O)c1c(Cl)ccc(NC(=O)N=C2CCC=C2Cl)c1O. The molecule has 0 heterocycles. The molecular formula is C16H18Cl2N2O5S. The molecule has 0 fully saturated rings. The fourth-order valence-electron chi connectivity index (χ4n) is 2.21. The van der Waals surface area contributed by atoms with Crippen molar-refractivity contribution in [1.29, 1.82) is 0 Å². The van der Waals surface area contributed by atoms with Crippen LogP contribution < -0.4 is 5.32 Å². The van der Waals surface area contributed by atoms with Gasteiger partial charge in [0.1, 0.15) is 4.90 Å². The van der Waals surface area contributed by atoms with Crippen molar-refractivity contribution in [1.82, 2.24) is 0 Å². The largest absolute Gasteiger partial charge is 0.504 e. The molecule has 10 heteroatoms. The molecule has 0 saturated heterocycles. The zero-order valence-electron chi connectivity index (χ0n) is 14.1. The number of aliphatic imine (C=N–C) groups is 1. The van der Waals surface area contributed by atoms with Gasteiger partial charge in [-0.05, 0) is 38.8 Å². The summed E-state index contributed by atoms with van der Waals surface area (Å²) in [7, 11) is -4.19. The minimum atomic E-state index is -4.19. The van der Waals surface area contributed by atoms with Gasteiger partial charge in [-0.25, -0.2) is 13.2 Å². The minimum Gasteiger partial charge on any atom is -0.504 e. The minimum absolute atomic E-state index is 0.172. The summed E-state index contributed by atoms with van der Waals surface area (Å²) in [4.78, 5) is 15.3. The number of amides is 2. The second-order valence-corrected chi connectivity index (χ2v) is 9.61. The first-order valence-electron chi connectivity index (χ1n) is 7.63. The van der Waals surface area contributed by atoms with E-state index in [1.165, 1.54) is 26.0 Å². The van der Waals surface area contributed by atoms with Gasteiger partial charge < -0.3 is 15.5 Å². The second-order valence-electron chi connectivity index (χ2n) is 6.27. The molecule has 0 unspecified atom stereocenters. The predicted molar refractivity (Wildman–Crippen MR) is 101 cm³/mol. The van der Waals surface area contributed by atoms with Crippen LogP contribution in [0.3, 0.4) is 0 Å². The van der Waals surface area contributed by atoms with Gasteiger partial charge in [0, 0.05) is 0 Å². The van der Waals surface area contributed by atoms with E-state index in [0.29, 0.717) is 23.6 Å². The third kappa shape index (κ3) is 3.88. The molecule has 1 aliphatic carbocycles. The first-order valence-corrected chi connectivity index (χ1v) is 9.86. The second kappa shape index (κ2) is 7.56. The number of urea groups is 1. The lowest BCUT2D eigenvalue weighted by Crippen LogP contribution is -2.36. The molecule has 3 N–H and O–H groups in total. The fourth-order valence-corrected chi connectivity index (χ4v) is 4.33. The van der Waals surface area contributed by atoms with Crippen molar-refractivity contribution < 1.29 is 23.4 Å². The molecule has 1 aromatic rings. The first kappa shape index (κ1) is 20.7. The first-order chi connectivity index (χ1) is 12.0. The van der Waals surface area contributed by atoms with Crippen molar-refractivity contribution in [2.24, 2.45) is 4.99 Å². The van der Waals surface area contributed by atoms with Crippen LogP contribution in [-0.2, 0) is 9.84 Å². The number of aromatic hydroxyl groups is 1. The average molecular weight is 421 g/mol. The van der Waals surface area contributed by atoms with Crippen molar-refractivity contribution in [2.75, 3.05) is 11.9 Å². The maximum absolute atomic E-state index is 12.7. The van der Waals surface area contributed by atoms with Gasteiger partial charge in [-0.1, -0.05) is 29.3 Å². The lowest BCUT2D eigenvalue weighted by Gasteiger charge is -2.24. The van der Waals surface area contributed by atoms with Crippen molar-refractivity contribution in [2.45, 2.75) is 36.3 Å². The molecule has 2 amide bonds. The van der Waals surface area contributed by atoms with Crippen LogP contribution in [-0.4, -0.2) is 41.7 Å². The number of sulfone groups is 1. The standard InChI is InChI=1S/C16H18Cl2N2O5S/c1-16(2,8-21)26(24,25)14-10(18)6-7-12(13(14)22)20-15(23)19-11-5-3-4-9(11)17/h4,6-7,21-22H,3,5,8H2,1-2H3,(H,20,23). The van der Waals surface area contributed by atoms with Crippen LogP contribution in [0.4, 0.5) is 10.5 Å². The monoisotopic (exact) mass is 420 g/mol. The van der Waals surface area contributed by atoms with E-state index >= 15 is 0 Å². The molecule has 1 aliphatic rings. The number of nitrogens with zero attached hydrogens (tertiary/aromatic N) is 1. The number of halogens is 2. The molecule has 0 aliphatic heterocycles. The normalized spacial score (nSPS) is 16.7. The lowest BCUT2D eigenvalue weighted by molar-refractivity contribution is 0.257. The highest BCUT2D eigenvalue weighted by Crippen LogP contribution is 2.41. The number of carbonyl (C=O) groups is 1. The summed E-state index contributed by atoms with van der Waals surface area (Å²) in [5.41, 5.74) is 0.237. The highest BCUT2D eigenvalue weighted by molar-refractivity contribution is 7.93. The highest BCUT2D eigenvalue weighted by atomic mass is 35.5. The van der Waals surface area contributed by atoms with E-state index in [-0.39, 0.29) is 10.7 Å². The average Bonchev–Trinajstić information content (AvgIpc) is 2.94. The number of hydrogen-bond acceptors (Lipinski definition) is 5. The number of benzene rings is 1. The Morgan fingerprint density at radius 3 is 2.54 bits per heavy atom. The molecule has 1 aromatic carbocycles. The van der Waals surface area contributed by atoms with Gasteiger partial charge in [0.2, 0.25) is 0 Å². The number of aliphatic hydroxyl groups excluding tert-OH is 1. The van der Waals surface area contributed by atoms with Gasteiger partial charge in [-0.2, -0.15) is 4.99 Å². The van der Waals surface area contributed by atoms with Crippen LogP contribution in [0.2, 0.25) is 5.02 Å². The van der Waals surface area contributed by atoms with Gasteiger partial charge in [-0.15, -0.1) is 0 Å². The lowest BCUT2D eigenvalue weighted by atomic mass is 10.2. The van der Waals surface area contributed by atoms with Gasteiger partial charge in [0.15, 0.2) is 15.6 Å². The van der Waals surface area contributed by atoms with Crippen LogP contribution in [0.5, 0.6) is 5.75 Å². The van der Waals surface area contributed by atoms with Crippen LogP contribution in [0.1, 0.15) is 26.7 Å². The maximum atomic E-state index is 12.7. The summed E-state index contributed by atoms with van der Waals surface area (Å²) >= 11 is 11.9. The Labute approximate surface area is 161 Å². The Kier molecular flexibility index (Phi) is 6.02. The van der Waals surface area contributed by atoms with E-state index in [0.717, 1.165) is 0 Å². The number of aliphatic hydroxyl groups is 1. The quantitative estimate of drug-likeness (QED) is 0.644. The molecule has 0 radical (unpaired) electrons. The summed E-state index contributed by atoms with van der Waals surface area (Å²) < 4.78 is 23.8. The van der Waals surface area contributed by atoms with Crippen molar-refractivity contribution in [3.05, 3.63) is 28.3 Å². The van der Waals surface area contributed by atoms with Gasteiger partial charge in [0.25, 0.3) is 0 Å². The molecule has 142 valence electrons. The van der Waals surface area contributed by atoms with E-state index in [9.17, 15) is 23.4 Å². The summed E-state index contributed by atoms with van der Waals surface area (Å²) in [5, 5.41) is 22.2. The maximum Gasteiger partial charge on any atom is 0.345 e. The van der Waals surface area contributed by atoms with Crippen LogP contribution >= 0.6 is 23.2 Å². The van der Waals surface area contributed by atoms with E-state index in [2.05, 4.69) is 10.3 Å². The van der Waals surface area contributed by atoms with Crippen LogP contribution in [0.25, 0.3) is 0 Å². The molecule has 7 nitrogen and oxygen atoms in total. The number of phenols is 1. The molecular weight excluding hydrogens is 403 g/mol. The number of hydrogen-bond donors (Lipinski definition) is 3. The molecule has 0 bridgehead atoms. The number of phenolic OH excluding ortho intramolecular Hbond substituents is 1. The Bertz CT molecular complexity index is 907. The van der Waals surface area contributed by atoms with Crippen LogP contribution in [0.15, 0.2) is 33.1 Å². The van der Waals surface area contributed by atoms with Crippen molar-refractivity contribution in [3.8, 4) is 5.75 Å². The summed E-state index contributed by atoms with van der Waals surface area (Å²) in [6.07, 6.45) is 2.92. The highest BCUT2D eigenvalue weighted by Gasteiger charge is 2.39. The number of nitrogens with one attached hydrogen (secondary N) is 1. The Morgan fingerprint density at radius 2 is 2.00 bits per heavy atom. The van der Waals surface area contributed by atoms with E-state index < -0.39 is 37.9 Å². The molecule has 26 heavy (non-hydrogen) atoms. The Morgan fingerprint density at radius 1 is 1.35 bits per heavy atom. The third-order valence-corrected chi connectivity index (χ3v) is 7.25. The van der Waals surface area contributed by atoms with Crippen molar-refractivity contribution in [3.63, 3.8) is 0 Å².